The Morgan fingerprint density at radius 1 is 1.47 bits per heavy atom. The average Bonchev–Trinajstić information content (AvgIpc) is 2.74. The molecule has 2 heterocycles. The molecule has 80 valence electrons. The van der Waals surface area contributed by atoms with E-state index in [2.05, 4.69) is 51.4 Å². The third kappa shape index (κ3) is 1.41. The molecule has 0 saturated carbocycles. The van der Waals surface area contributed by atoms with Crippen molar-refractivity contribution in [2.24, 2.45) is 0 Å². The predicted molar refractivity (Wildman–Crippen MR) is 66.4 cm³/mol. The van der Waals surface area contributed by atoms with Gasteiger partial charge in [-0.3, -0.25) is 0 Å². The lowest BCUT2D eigenvalue weighted by Gasteiger charge is -2.23. The maximum absolute atomic E-state index is 3.57. The minimum atomic E-state index is 0.369. The summed E-state index contributed by atoms with van der Waals surface area (Å²) in [5.41, 5.74) is 3.20. The molecule has 3 rings (SSSR count). The Kier molecular flexibility index (Phi) is 2.08. The van der Waals surface area contributed by atoms with Crippen LogP contribution in [0.1, 0.15) is 12.0 Å². The third-order valence-electron chi connectivity index (χ3n) is 3.71. The molecule has 1 saturated heterocycles. The molecule has 0 aromatic heterocycles. The zero-order valence-electron chi connectivity index (χ0n) is 8.89. The van der Waals surface area contributed by atoms with Crippen molar-refractivity contribution in [2.75, 3.05) is 32.0 Å². The van der Waals surface area contributed by atoms with Crippen molar-refractivity contribution < 1.29 is 0 Å². The van der Waals surface area contributed by atoms with Gasteiger partial charge in [0, 0.05) is 28.7 Å². The van der Waals surface area contributed by atoms with Gasteiger partial charge in [-0.2, -0.15) is 0 Å². The lowest BCUT2D eigenvalue weighted by atomic mass is 9.82. The van der Waals surface area contributed by atoms with Gasteiger partial charge in [-0.05, 0) is 43.8 Å². The lowest BCUT2D eigenvalue weighted by molar-refractivity contribution is 0.381. The summed E-state index contributed by atoms with van der Waals surface area (Å²) in [5, 5.41) is 3.53. The molecule has 1 aromatic rings. The first-order valence-electron chi connectivity index (χ1n) is 5.42. The predicted octanol–water partition coefficient (Wildman–Crippen LogP) is 2.45. The molecule has 0 bridgehead atoms. The molecule has 0 radical (unpaired) electrons. The van der Waals surface area contributed by atoms with Gasteiger partial charge in [0.1, 0.15) is 0 Å². The minimum absolute atomic E-state index is 0.369. The van der Waals surface area contributed by atoms with Crippen LogP contribution in [0.25, 0.3) is 0 Å². The number of fused-ring (bicyclic) bond motifs is 2. The van der Waals surface area contributed by atoms with Crippen molar-refractivity contribution in [3.8, 4) is 0 Å². The van der Waals surface area contributed by atoms with Gasteiger partial charge in [0.05, 0.1) is 0 Å². The molecular formula is C12H15BrN2. The second-order valence-corrected chi connectivity index (χ2v) is 5.73. The first-order valence-corrected chi connectivity index (χ1v) is 6.21. The standard InChI is InChI=1S/C12H15BrN2/c1-15-5-4-12(8-15)7-14-11-3-2-9(13)6-10(11)12/h2-3,6,14H,4-5,7-8H2,1H3. The molecule has 2 aliphatic heterocycles. The van der Waals surface area contributed by atoms with Gasteiger partial charge in [0.15, 0.2) is 0 Å². The Bertz CT molecular complexity index is 401. The molecule has 3 heteroatoms. The highest BCUT2D eigenvalue weighted by Crippen LogP contribution is 2.43. The molecule has 1 spiro atoms. The van der Waals surface area contributed by atoms with E-state index in [4.69, 9.17) is 0 Å². The summed E-state index contributed by atoms with van der Waals surface area (Å²) >= 11 is 3.57. The fourth-order valence-electron chi connectivity index (χ4n) is 2.91. The zero-order chi connectivity index (χ0) is 10.5. The minimum Gasteiger partial charge on any atom is -0.384 e. The van der Waals surface area contributed by atoms with Gasteiger partial charge in [-0.15, -0.1) is 0 Å². The SMILES string of the molecule is CN1CCC2(CNc3ccc(Br)cc32)C1. The van der Waals surface area contributed by atoms with Gasteiger partial charge in [-0.1, -0.05) is 15.9 Å². The van der Waals surface area contributed by atoms with Gasteiger partial charge < -0.3 is 10.2 Å². The van der Waals surface area contributed by atoms with Crippen LogP contribution >= 0.6 is 15.9 Å². The van der Waals surface area contributed by atoms with E-state index in [0.717, 1.165) is 6.54 Å². The van der Waals surface area contributed by atoms with Gasteiger partial charge >= 0.3 is 0 Å². The molecule has 1 aromatic carbocycles. The topological polar surface area (TPSA) is 15.3 Å². The van der Waals surface area contributed by atoms with E-state index in [1.165, 1.54) is 35.2 Å². The molecule has 1 fully saturated rings. The molecule has 0 amide bonds. The summed E-state index contributed by atoms with van der Waals surface area (Å²) in [6, 6.07) is 6.59. The summed E-state index contributed by atoms with van der Waals surface area (Å²) < 4.78 is 1.19. The van der Waals surface area contributed by atoms with E-state index in [-0.39, 0.29) is 0 Å². The van der Waals surface area contributed by atoms with Gasteiger partial charge in [0.25, 0.3) is 0 Å². The number of nitrogens with one attached hydrogen (secondary N) is 1. The van der Waals surface area contributed by atoms with Crippen LogP contribution in [0.3, 0.4) is 0 Å². The van der Waals surface area contributed by atoms with Crippen molar-refractivity contribution >= 4 is 21.6 Å². The van der Waals surface area contributed by atoms with E-state index < -0.39 is 0 Å². The monoisotopic (exact) mass is 266 g/mol. The molecule has 15 heavy (non-hydrogen) atoms. The molecule has 0 aliphatic carbocycles. The van der Waals surface area contributed by atoms with Crippen LogP contribution in [0.2, 0.25) is 0 Å². The smallest absolute Gasteiger partial charge is 0.0380 e. The number of anilines is 1. The molecule has 1 N–H and O–H groups in total. The van der Waals surface area contributed by atoms with Crippen molar-refractivity contribution in [1.29, 1.82) is 0 Å². The average molecular weight is 267 g/mol. The van der Waals surface area contributed by atoms with E-state index >= 15 is 0 Å². The van der Waals surface area contributed by atoms with Crippen LogP contribution in [0.5, 0.6) is 0 Å². The first kappa shape index (κ1) is 9.67. The van der Waals surface area contributed by atoms with Crippen LogP contribution in [-0.4, -0.2) is 31.6 Å². The number of halogens is 1. The zero-order valence-corrected chi connectivity index (χ0v) is 10.5. The molecular weight excluding hydrogens is 252 g/mol. The van der Waals surface area contributed by atoms with Crippen LogP contribution in [0.15, 0.2) is 22.7 Å². The van der Waals surface area contributed by atoms with E-state index in [1.54, 1.807) is 0 Å². The largest absolute Gasteiger partial charge is 0.384 e. The molecule has 1 unspecified atom stereocenters. The second-order valence-electron chi connectivity index (χ2n) is 4.81. The quantitative estimate of drug-likeness (QED) is 0.776. The highest BCUT2D eigenvalue weighted by atomic mass is 79.9. The Hall–Kier alpha value is -0.540. The highest BCUT2D eigenvalue weighted by Gasteiger charge is 2.43. The van der Waals surface area contributed by atoms with E-state index in [9.17, 15) is 0 Å². The number of likely N-dealkylation sites (tertiary alicyclic amines) is 1. The van der Waals surface area contributed by atoms with Gasteiger partial charge in [0.2, 0.25) is 0 Å². The van der Waals surface area contributed by atoms with Crippen LogP contribution < -0.4 is 5.32 Å². The fourth-order valence-corrected chi connectivity index (χ4v) is 3.27. The summed E-state index contributed by atoms with van der Waals surface area (Å²) in [6.07, 6.45) is 1.28. The number of benzene rings is 1. The van der Waals surface area contributed by atoms with Crippen molar-refractivity contribution in [3.63, 3.8) is 0 Å². The summed E-state index contributed by atoms with van der Waals surface area (Å²) in [4.78, 5) is 2.43. The first-order chi connectivity index (χ1) is 7.20. The summed E-state index contributed by atoms with van der Waals surface area (Å²) in [7, 11) is 2.21. The Balaban J connectivity index is 2.07. The number of nitrogens with zero attached hydrogens (tertiary/aromatic N) is 1. The molecule has 1 atom stereocenters. The van der Waals surface area contributed by atoms with Crippen molar-refractivity contribution in [1.82, 2.24) is 4.90 Å². The van der Waals surface area contributed by atoms with Crippen molar-refractivity contribution in [2.45, 2.75) is 11.8 Å². The van der Waals surface area contributed by atoms with Gasteiger partial charge in [-0.25, -0.2) is 0 Å². The third-order valence-corrected chi connectivity index (χ3v) is 4.21. The highest BCUT2D eigenvalue weighted by molar-refractivity contribution is 9.10. The van der Waals surface area contributed by atoms with Crippen LogP contribution in [0.4, 0.5) is 5.69 Å². The summed E-state index contributed by atoms with van der Waals surface area (Å²) in [6.45, 7) is 3.50. The number of hydrogen-bond donors (Lipinski definition) is 1. The maximum Gasteiger partial charge on any atom is 0.0380 e. The number of likely N-dealkylation sites (N-methyl/N-ethyl adjacent to an activating group) is 1. The van der Waals surface area contributed by atoms with E-state index in [0.29, 0.717) is 5.41 Å². The van der Waals surface area contributed by atoms with Crippen molar-refractivity contribution in [3.05, 3.63) is 28.2 Å². The Labute approximate surface area is 98.8 Å². The van der Waals surface area contributed by atoms with Crippen LogP contribution in [0, 0.1) is 0 Å². The molecule has 2 nitrogen and oxygen atoms in total. The maximum atomic E-state index is 3.57. The lowest BCUT2D eigenvalue weighted by Crippen LogP contribution is -2.31. The number of rotatable bonds is 0. The second kappa shape index (κ2) is 3.22. The van der Waals surface area contributed by atoms with E-state index in [1.807, 2.05) is 0 Å². The normalized spacial score (nSPS) is 29.5. The Morgan fingerprint density at radius 2 is 2.33 bits per heavy atom. The summed E-state index contributed by atoms with van der Waals surface area (Å²) in [5.74, 6) is 0. The van der Waals surface area contributed by atoms with Crippen LogP contribution in [-0.2, 0) is 5.41 Å². The number of hydrogen-bond acceptors (Lipinski definition) is 2. The Morgan fingerprint density at radius 3 is 3.07 bits per heavy atom. The fraction of sp³-hybridized carbons (Fsp3) is 0.500. The molecule has 2 aliphatic rings.